The molecule has 5 nitrogen and oxygen atoms in total. The molecule has 2 aromatic rings. The average molecular weight is 303 g/mol. The van der Waals surface area contributed by atoms with Crippen molar-refractivity contribution in [3.8, 4) is 11.4 Å². The number of methoxy groups -OCH3 is 1. The Hall–Kier alpha value is -1.79. The molecular formula is C15H17N3O2S. The number of thiazole rings is 1. The van der Waals surface area contributed by atoms with Gasteiger partial charge in [0.25, 0.3) is 0 Å². The van der Waals surface area contributed by atoms with Crippen LogP contribution in [0.15, 0.2) is 23.6 Å². The van der Waals surface area contributed by atoms with E-state index in [1.165, 1.54) is 20.0 Å². The molecule has 3 rings (SSSR count). The molecule has 0 amide bonds. The third kappa shape index (κ3) is 3.11. The van der Waals surface area contributed by atoms with Crippen molar-refractivity contribution in [2.75, 3.05) is 13.7 Å². The molecule has 0 radical (unpaired) electrons. The minimum absolute atomic E-state index is 0.306. The molecule has 6 heteroatoms. The van der Waals surface area contributed by atoms with Crippen molar-refractivity contribution < 1.29 is 9.53 Å². The molecule has 1 saturated heterocycles. The quantitative estimate of drug-likeness (QED) is 0.883. The molecule has 21 heavy (non-hydrogen) atoms. The fourth-order valence-corrected chi connectivity index (χ4v) is 3.35. The normalized spacial score (nSPS) is 18.4. The Balaban J connectivity index is 1.84. The Morgan fingerprint density at radius 2 is 2.24 bits per heavy atom. The van der Waals surface area contributed by atoms with Crippen LogP contribution in [0.4, 0.5) is 0 Å². The molecule has 110 valence electrons. The fourth-order valence-electron chi connectivity index (χ4n) is 2.42. The number of pyridine rings is 1. The molecule has 1 aliphatic rings. The van der Waals surface area contributed by atoms with Gasteiger partial charge in [0.05, 0.1) is 24.5 Å². The van der Waals surface area contributed by atoms with Crippen LogP contribution in [0.25, 0.3) is 11.4 Å². The van der Waals surface area contributed by atoms with Crippen molar-refractivity contribution >= 4 is 17.3 Å². The van der Waals surface area contributed by atoms with Crippen LogP contribution < -0.4 is 5.32 Å². The average Bonchev–Trinajstić information content (AvgIpc) is 3.05. The number of esters is 1. The van der Waals surface area contributed by atoms with Crippen LogP contribution in [0.2, 0.25) is 0 Å². The number of piperidine rings is 1. The number of hydrogen-bond donors (Lipinski definition) is 1. The molecule has 1 atom stereocenters. The zero-order valence-corrected chi connectivity index (χ0v) is 12.7. The van der Waals surface area contributed by atoms with Gasteiger partial charge in [-0.3, -0.25) is 0 Å². The summed E-state index contributed by atoms with van der Waals surface area (Å²) in [6.07, 6.45) is 3.60. The first-order valence-electron chi connectivity index (χ1n) is 7.02. The van der Waals surface area contributed by atoms with Crippen LogP contribution in [0.5, 0.6) is 0 Å². The summed E-state index contributed by atoms with van der Waals surface area (Å²) in [4.78, 5) is 20.5. The summed E-state index contributed by atoms with van der Waals surface area (Å²) in [6, 6.07) is 5.65. The molecule has 0 saturated carbocycles. The van der Waals surface area contributed by atoms with E-state index in [1.807, 2.05) is 11.4 Å². The molecule has 1 fully saturated rings. The highest BCUT2D eigenvalue weighted by molar-refractivity contribution is 7.10. The first-order valence-corrected chi connectivity index (χ1v) is 7.90. The highest BCUT2D eigenvalue weighted by Gasteiger charge is 2.19. The second-order valence-electron chi connectivity index (χ2n) is 4.97. The van der Waals surface area contributed by atoms with Gasteiger partial charge in [0.15, 0.2) is 0 Å². The van der Waals surface area contributed by atoms with Crippen LogP contribution in [-0.2, 0) is 4.74 Å². The van der Waals surface area contributed by atoms with E-state index in [2.05, 4.69) is 15.3 Å². The minimum Gasteiger partial charge on any atom is -0.464 e. The summed E-state index contributed by atoms with van der Waals surface area (Å²) in [7, 11) is 1.35. The Bertz CT molecular complexity index is 635. The summed E-state index contributed by atoms with van der Waals surface area (Å²) in [5.74, 6) is -0.429. The van der Waals surface area contributed by atoms with Crippen LogP contribution in [0.1, 0.15) is 40.8 Å². The van der Waals surface area contributed by atoms with Crippen LogP contribution in [0.3, 0.4) is 0 Å². The van der Waals surface area contributed by atoms with Gasteiger partial charge in [0.1, 0.15) is 10.7 Å². The van der Waals surface area contributed by atoms with Gasteiger partial charge in [-0.25, -0.2) is 14.8 Å². The Morgan fingerprint density at radius 1 is 1.33 bits per heavy atom. The summed E-state index contributed by atoms with van der Waals surface area (Å²) in [5, 5.41) is 6.58. The predicted octanol–water partition coefficient (Wildman–Crippen LogP) is 2.81. The number of hydrogen-bond acceptors (Lipinski definition) is 6. The maximum Gasteiger partial charge on any atom is 0.356 e. The second kappa shape index (κ2) is 6.32. The van der Waals surface area contributed by atoms with Crippen molar-refractivity contribution in [2.24, 2.45) is 0 Å². The summed E-state index contributed by atoms with van der Waals surface area (Å²) < 4.78 is 4.70. The van der Waals surface area contributed by atoms with E-state index < -0.39 is 5.97 Å². The summed E-state index contributed by atoms with van der Waals surface area (Å²) in [6.45, 7) is 1.05. The molecule has 3 heterocycles. The number of nitrogens with one attached hydrogen (secondary N) is 1. The Labute approximate surface area is 127 Å². The predicted molar refractivity (Wildman–Crippen MR) is 81.3 cm³/mol. The second-order valence-corrected chi connectivity index (χ2v) is 5.86. The van der Waals surface area contributed by atoms with Crippen molar-refractivity contribution in [1.29, 1.82) is 0 Å². The van der Waals surface area contributed by atoms with Crippen molar-refractivity contribution in [3.63, 3.8) is 0 Å². The lowest BCUT2D eigenvalue weighted by Crippen LogP contribution is -2.26. The largest absolute Gasteiger partial charge is 0.464 e. The molecule has 0 aromatic carbocycles. The zero-order valence-electron chi connectivity index (χ0n) is 11.8. The van der Waals surface area contributed by atoms with Gasteiger partial charge < -0.3 is 10.1 Å². The van der Waals surface area contributed by atoms with E-state index in [0.717, 1.165) is 23.7 Å². The molecule has 1 aliphatic heterocycles. The standard InChI is InChI=1S/C15H17N3O2S/c1-20-15(19)12-7-4-6-10(17-12)13-9-21-14(18-13)11-5-2-3-8-16-11/h4,6-7,9,11,16H,2-3,5,8H2,1H3/t11-/m1/s1. The molecule has 0 unspecified atom stereocenters. The lowest BCUT2D eigenvalue weighted by molar-refractivity contribution is 0.0594. The third-order valence-corrected chi connectivity index (χ3v) is 4.49. The molecular weight excluding hydrogens is 286 g/mol. The highest BCUT2D eigenvalue weighted by Crippen LogP contribution is 2.28. The highest BCUT2D eigenvalue weighted by atomic mass is 32.1. The molecule has 0 aliphatic carbocycles. The van der Waals surface area contributed by atoms with Gasteiger partial charge in [-0.05, 0) is 31.5 Å². The lowest BCUT2D eigenvalue weighted by Gasteiger charge is -2.21. The van der Waals surface area contributed by atoms with E-state index in [-0.39, 0.29) is 0 Å². The third-order valence-electron chi connectivity index (χ3n) is 3.54. The lowest BCUT2D eigenvalue weighted by atomic mass is 10.1. The van der Waals surface area contributed by atoms with E-state index in [4.69, 9.17) is 4.74 Å². The number of nitrogens with zero attached hydrogens (tertiary/aromatic N) is 2. The van der Waals surface area contributed by atoms with E-state index in [0.29, 0.717) is 17.4 Å². The van der Waals surface area contributed by atoms with Crippen LogP contribution in [-0.4, -0.2) is 29.6 Å². The minimum atomic E-state index is -0.429. The first kappa shape index (κ1) is 14.2. The number of ether oxygens (including phenoxy) is 1. The van der Waals surface area contributed by atoms with Gasteiger partial charge in [-0.15, -0.1) is 11.3 Å². The molecule has 2 aromatic heterocycles. The zero-order chi connectivity index (χ0) is 14.7. The van der Waals surface area contributed by atoms with Gasteiger partial charge in [0.2, 0.25) is 0 Å². The van der Waals surface area contributed by atoms with Gasteiger partial charge in [-0.2, -0.15) is 0 Å². The monoisotopic (exact) mass is 303 g/mol. The molecule has 0 spiro atoms. The maximum absolute atomic E-state index is 11.5. The number of carbonyl (C=O) groups excluding carboxylic acids is 1. The molecule has 0 bridgehead atoms. The Morgan fingerprint density at radius 3 is 3.00 bits per heavy atom. The van der Waals surface area contributed by atoms with Crippen LogP contribution >= 0.6 is 11.3 Å². The van der Waals surface area contributed by atoms with Crippen molar-refractivity contribution in [1.82, 2.24) is 15.3 Å². The van der Waals surface area contributed by atoms with E-state index in [9.17, 15) is 4.79 Å². The Kier molecular flexibility index (Phi) is 4.26. The summed E-state index contributed by atoms with van der Waals surface area (Å²) in [5.41, 5.74) is 1.82. The van der Waals surface area contributed by atoms with Crippen molar-refractivity contribution in [3.05, 3.63) is 34.3 Å². The van der Waals surface area contributed by atoms with Gasteiger partial charge in [0, 0.05) is 5.38 Å². The van der Waals surface area contributed by atoms with Gasteiger partial charge >= 0.3 is 5.97 Å². The molecule has 1 N–H and O–H groups in total. The summed E-state index contributed by atoms with van der Waals surface area (Å²) >= 11 is 1.64. The van der Waals surface area contributed by atoms with Crippen molar-refractivity contribution in [2.45, 2.75) is 25.3 Å². The smallest absolute Gasteiger partial charge is 0.356 e. The fraction of sp³-hybridized carbons (Fsp3) is 0.400. The van der Waals surface area contributed by atoms with E-state index >= 15 is 0 Å². The number of rotatable bonds is 3. The maximum atomic E-state index is 11.5. The first-order chi connectivity index (χ1) is 10.3. The van der Waals surface area contributed by atoms with E-state index in [1.54, 1.807) is 23.5 Å². The van der Waals surface area contributed by atoms with Crippen LogP contribution in [0, 0.1) is 0 Å². The number of carbonyl (C=O) groups is 1. The number of aromatic nitrogens is 2. The SMILES string of the molecule is COC(=O)c1cccc(-c2csc([C@H]3CCCCN3)n2)n1. The topological polar surface area (TPSA) is 64.1 Å². The van der Waals surface area contributed by atoms with Gasteiger partial charge in [-0.1, -0.05) is 12.5 Å².